The molecule has 0 spiro atoms. The SMILES string of the molecule is Cc1cccc(-c2nc3c(c(SCC[NH+]4CCCC4)n2)COC(C)(C)C3)c1. The van der Waals surface area contributed by atoms with Gasteiger partial charge in [0.15, 0.2) is 5.82 Å². The molecule has 4 nitrogen and oxygen atoms in total. The van der Waals surface area contributed by atoms with E-state index in [2.05, 4.69) is 45.0 Å². The molecule has 2 aliphatic rings. The third-order valence-corrected chi connectivity index (χ3v) is 6.56. The van der Waals surface area contributed by atoms with Crippen molar-refractivity contribution >= 4 is 11.8 Å². The van der Waals surface area contributed by atoms with Crippen LogP contribution in [-0.2, 0) is 17.8 Å². The molecule has 1 N–H and O–H groups in total. The van der Waals surface area contributed by atoms with Gasteiger partial charge in [-0.05, 0) is 26.8 Å². The van der Waals surface area contributed by atoms with Gasteiger partial charge in [0.1, 0.15) is 5.03 Å². The summed E-state index contributed by atoms with van der Waals surface area (Å²) in [6, 6.07) is 8.49. The number of aromatic nitrogens is 2. The maximum absolute atomic E-state index is 6.08. The van der Waals surface area contributed by atoms with Crippen molar-refractivity contribution in [2.75, 3.05) is 25.4 Å². The Morgan fingerprint density at radius 2 is 2.00 bits per heavy atom. The predicted molar refractivity (Wildman–Crippen MR) is 110 cm³/mol. The third kappa shape index (κ3) is 4.53. The van der Waals surface area contributed by atoms with Crippen molar-refractivity contribution < 1.29 is 9.64 Å². The second-order valence-electron chi connectivity index (χ2n) is 8.43. The lowest BCUT2D eigenvalue weighted by molar-refractivity contribution is -0.884. The third-order valence-electron chi connectivity index (χ3n) is 5.54. The molecular weight excluding hydrogens is 354 g/mol. The maximum Gasteiger partial charge on any atom is 0.160 e. The number of thioether (sulfide) groups is 1. The fraction of sp³-hybridized carbons (Fsp3) is 0.545. The van der Waals surface area contributed by atoms with Gasteiger partial charge in [0, 0.05) is 36.1 Å². The summed E-state index contributed by atoms with van der Waals surface area (Å²) in [7, 11) is 0. The Balaban J connectivity index is 1.62. The molecule has 0 bridgehead atoms. The Hall–Kier alpha value is -1.43. The first kappa shape index (κ1) is 18.9. The molecule has 0 amide bonds. The zero-order valence-corrected chi connectivity index (χ0v) is 17.5. The number of nitrogens with zero attached hydrogens (tertiary/aromatic N) is 2. The summed E-state index contributed by atoms with van der Waals surface area (Å²) in [6.07, 6.45) is 3.60. The minimum absolute atomic E-state index is 0.160. The number of aryl methyl sites for hydroxylation is 1. The largest absolute Gasteiger partial charge is 0.370 e. The summed E-state index contributed by atoms with van der Waals surface area (Å²) in [5, 5.41) is 1.12. The van der Waals surface area contributed by atoms with Crippen LogP contribution in [0.4, 0.5) is 0 Å². The van der Waals surface area contributed by atoms with Gasteiger partial charge >= 0.3 is 0 Å². The molecule has 1 aromatic heterocycles. The second-order valence-corrected chi connectivity index (χ2v) is 9.51. The number of hydrogen-bond acceptors (Lipinski definition) is 4. The number of benzene rings is 1. The summed E-state index contributed by atoms with van der Waals surface area (Å²) in [6.45, 7) is 10.9. The fourth-order valence-corrected chi connectivity index (χ4v) is 5.06. The van der Waals surface area contributed by atoms with Gasteiger partial charge in [-0.25, -0.2) is 9.97 Å². The molecule has 3 heterocycles. The number of fused-ring (bicyclic) bond motifs is 1. The Morgan fingerprint density at radius 1 is 1.19 bits per heavy atom. The van der Waals surface area contributed by atoms with Crippen LogP contribution in [0, 0.1) is 6.92 Å². The number of nitrogens with one attached hydrogen (secondary N) is 1. The summed E-state index contributed by atoms with van der Waals surface area (Å²) in [5.74, 6) is 1.96. The fourth-order valence-electron chi connectivity index (χ4n) is 3.97. The van der Waals surface area contributed by atoms with Crippen LogP contribution in [0.2, 0.25) is 0 Å². The Labute approximate surface area is 166 Å². The van der Waals surface area contributed by atoms with Crippen LogP contribution in [0.25, 0.3) is 11.4 Å². The molecule has 0 unspecified atom stereocenters. The van der Waals surface area contributed by atoms with Crippen LogP contribution >= 0.6 is 11.8 Å². The summed E-state index contributed by atoms with van der Waals surface area (Å²) in [5.41, 5.74) is 4.55. The predicted octanol–water partition coefficient (Wildman–Crippen LogP) is 3.07. The van der Waals surface area contributed by atoms with Gasteiger partial charge < -0.3 is 9.64 Å². The lowest BCUT2D eigenvalue weighted by Crippen LogP contribution is -3.10. The van der Waals surface area contributed by atoms with Crippen LogP contribution in [0.5, 0.6) is 0 Å². The van der Waals surface area contributed by atoms with Gasteiger partial charge in [0.25, 0.3) is 0 Å². The molecule has 1 fully saturated rings. The lowest BCUT2D eigenvalue weighted by Gasteiger charge is -2.32. The summed E-state index contributed by atoms with van der Waals surface area (Å²) >= 11 is 1.88. The van der Waals surface area contributed by atoms with Crippen LogP contribution in [0.15, 0.2) is 29.3 Å². The van der Waals surface area contributed by atoms with E-state index in [0.717, 1.165) is 34.3 Å². The normalized spacial score (nSPS) is 19.2. The van der Waals surface area contributed by atoms with E-state index in [9.17, 15) is 0 Å². The standard InChI is InChI=1S/C22H29N3OS/c1-16-7-6-8-17(13-16)20-23-19-14-22(2,3)26-15-18(19)21(24-20)27-12-11-25-9-4-5-10-25/h6-8,13H,4-5,9-12,14-15H2,1-3H3/p+1. The van der Waals surface area contributed by atoms with E-state index in [1.165, 1.54) is 43.6 Å². The van der Waals surface area contributed by atoms with Crippen molar-refractivity contribution in [2.45, 2.75) is 57.3 Å². The van der Waals surface area contributed by atoms with E-state index in [1.807, 2.05) is 11.8 Å². The van der Waals surface area contributed by atoms with E-state index < -0.39 is 0 Å². The molecule has 0 saturated carbocycles. The molecule has 0 atom stereocenters. The van der Waals surface area contributed by atoms with E-state index in [1.54, 1.807) is 4.90 Å². The molecule has 2 aromatic rings. The van der Waals surface area contributed by atoms with Gasteiger partial charge in [-0.3, -0.25) is 0 Å². The van der Waals surface area contributed by atoms with Gasteiger partial charge in [-0.2, -0.15) is 0 Å². The summed E-state index contributed by atoms with van der Waals surface area (Å²) < 4.78 is 6.08. The molecule has 4 rings (SSSR count). The Kier molecular flexibility index (Phi) is 5.53. The average molecular weight is 385 g/mol. The number of hydrogen-bond donors (Lipinski definition) is 1. The number of rotatable bonds is 5. The van der Waals surface area contributed by atoms with E-state index in [0.29, 0.717) is 6.61 Å². The Morgan fingerprint density at radius 3 is 2.78 bits per heavy atom. The van der Waals surface area contributed by atoms with Crippen LogP contribution in [0.1, 0.15) is 43.5 Å². The monoisotopic (exact) mass is 384 g/mol. The average Bonchev–Trinajstić information content (AvgIpc) is 3.14. The van der Waals surface area contributed by atoms with Crippen molar-refractivity contribution in [3.05, 3.63) is 41.1 Å². The van der Waals surface area contributed by atoms with Crippen LogP contribution in [0.3, 0.4) is 0 Å². The van der Waals surface area contributed by atoms with Gasteiger partial charge in [0.2, 0.25) is 0 Å². The highest BCUT2D eigenvalue weighted by Gasteiger charge is 2.30. The van der Waals surface area contributed by atoms with E-state index in [-0.39, 0.29) is 5.60 Å². The van der Waals surface area contributed by atoms with Gasteiger partial charge in [-0.15, -0.1) is 11.8 Å². The van der Waals surface area contributed by atoms with Crippen LogP contribution < -0.4 is 4.90 Å². The topological polar surface area (TPSA) is 39.5 Å². The smallest absolute Gasteiger partial charge is 0.160 e. The first-order chi connectivity index (χ1) is 13.0. The van der Waals surface area contributed by atoms with Gasteiger partial charge in [0.05, 0.1) is 37.5 Å². The first-order valence-electron chi connectivity index (χ1n) is 10.1. The molecule has 144 valence electrons. The molecule has 0 radical (unpaired) electrons. The molecular formula is C22H30N3OS+. The van der Waals surface area contributed by atoms with Gasteiger partial charge in [-0.1, -0.05) is 23.8 Å². The minimum Gasteiger partial charge on any atom is -0.370 e. The van der Waals surface area contributed by atoms with E-state index >= 15 is 0 Å². The molecule has 2 aliphatic heterocycles. The number of likely N-dealkylation sites (tertiary alicyclic amines) is 1. The first-order valence-corrected chi connectivity index (χ1v) is 11.1. The molecule has 1 aromatic carbocycles. The van der Waals surface area contributed by atoms with Crippen molar-refractivity contribution in [1.29, 1.82) is 0 Å². The molecule has 5 heteroatoms. The molecule has 27 heavy (non-hydrogen) atoms. The molecule has 0 aliphatic carbocycles. The zero-order chi connectivity index (χ0) is 18.9. The maximum atomic E-state index is 6.08. The Bertz CT molecular complexity index is 815. The second kappa shape index (κ2) is 7.90. The number of ether oxygens (including phenoxy) is 1. The highest BCUT2D eigenvalue weighted by atomic mass is 32.2. The zero-order valence-electron chi connectivity index (χ0n) is 16.7. The highest BCUT2D eigenvalue weighted by molar-refractivity contribution is 7.99. The van der Waals surface area contributed by atoms with Crippen molar-refractivity contribution in [3.8, 4) is 11.4 Å². The lowest BCUT2D eigenvalue weighted by atomic mass is 9.96. The minimum atomic E-state index is -0.160. The van der Waals surface area contributed by atoms with Crippen molar-refractivity contribution in [3.63, 3.8) is 0 Å². The van der Waals surface area contributed by atoms with Crippen molar-refractivity contribution in [1.82, 2.24) is 9.97 Å². The van der Waals surface area contributed by atoms with E-state index in [4.69, 9.17) is 14.7 Å². The van der Waals surface area contributed by atoms with Crippen molar-refractivity contribution in [2.24, 2.45) is 0 Å². The van der Waals surface area contributed by atoms with Crippen LogP contribution in [-0.4, -0.2) is 41.0 Å². The summed E-state index contributed by atoms with van der Waals surface area (Å²) in [4.78, 5) is 11.7. The highest BCUT2D eigenvalue weighted by Crippen LogP contribution is 2.33. The quantitative estimate of drug-likeness (QED) is 0.635. The molecule has 1 saturated heterocycles. The number of quaternary nitrogens is 1.